The van der Waals surface area contributed by atoms with Crippen molar-refractivity contribution in [2.45, 2.75) is 39.0 Å². The minimum atomic E-state index is -0.230. The molecule has 0 spiro atoms. The summed E-state index contributed by atoms with van der Waals surface area (Å²) in [4.78, 5) is 22.2. The summed E-state index contributed by atoms with van der Waals surface area (Å²) in [5, 5.41) is 6.78. The van der Waals surface area contributed by atoms with E-state index in [1.165, 1.54) is 0 Å². The number of hydrogen-bond acceptors (Lipinski definition) is 5. The van der Waals surface area contributed by atoms with Crippen LogP contribution in [0, 0.1) is 0 Å². The van der Waals surface area contributed by atoms with Gasteiger partial charge in [0.25, 0.3) is 0 Å². The summed E-state index contributed by atoms with van der Waals surface area (Å²) in [6.07, 6.45) is 3.23. The van der Waals surface area contributed by atoms with Crippen LogP contribution in [0.5, 0.6) is 5.88 Å². The summed E-state index contributed by atoms with van der Waals surface area (Å²) in [6, 6.07) is 14.2. The van der Waals surface area contributed by atoms with Gasteiger partial charge in [-0.1, -0.05) is 30.3 Å². The molecule has 0 unspecified atom stereocenters. The average molecular weight is 426 g/mol. The first-order chi connectivity index (χ1) is 15.2. The van der Waals surface area contributed by atoms with E-state index in [9.17, 15) is 4.79 Å². The highest BCUT2D eigenvalue weighted by Gasteiger charge is 2.24. The normalized spacial score (nSPS) is 14.8. The van der Waals surface area contributed by atoms with E-state index in [0.717, 1.165) is 29.9 Å². The smallest absolute Gasteiger partial charge is 0.409 e. The van der Waals surface area contributed by atoms with Crippen molar-refractivity contribution in [2.24, 2.45) is 4.99 Å². The van der Waals surface area contributed by atoms with Crippen molar-refractivity contribution < 1.29 is 14.3 Å². The van der Waals surface area contributed by atoms with Crippen LogP contribution in [0.1, 0.15) is 30.9 Å². The number of hydrogen-bond donors (Lipinski definition) is 2. The molecule has 0 bridgehead atoms. The van der Waals surface area contributed by atoms with Crippen molar-refractivity contribution in [1.29, 1.82) is 0 Å². The van der Waals surface area contributed by atoms with Gasteiger partial charge in [0.15, 0.2) is 5.96 Å². The lowest BCUT2D eigenvalue weighted by atomic mass is 10.1. The number of carbonyl (C=O) groups is 1. The SMILES string of the molecule is CCOC(=O)N1CCC(NC(=NC)NCc2ccnc(OCc3ccccc3)c2)CC1. The molecular weight excluding hydrogens is 394 g/mol. The first kappa shape index (κ1) is 22.4. The highest BCUT2D eigenvalue weighted by atomic mass is 16.6. The molecule has 31 heavy (non-hydrogen) atoms. The van der Waals surface area contributed by atoms with Crippen LogP contribution in [0.3, 0.4) is 0 Å². The van der Waals surface area contributed by atoms with Gasteiger partial charge in [-0.25, -0.2) is 9.78 Å². The van der Waals surface area contributed by atoms with Gasteiger partial charge in [0.05, 0.1) is 6.61 Å². The summed E-state index contributed by atoms with van der Waals surface area (Å²) >= 11 is 0. The van der Waals surface area contributed by atoms with Crippen LogP contribution < -0.4 is 15.4 Å². The van der Waals surface area contributed by atoms with Crippen molar-refractivity contribution in [3.05, 3.63) is 59.8 Å². The quantitative estimate of drug-likeness (QED) is 0.524. The van der Waals surface area contributed by atoms with Gasteiger partial charge >= 0.3 is 6.09 Å². The van der Waals surface area contributed by atoms with Gasteiger partial charge < -0.3 is 25.0 Å². The number of amides is 1. The fourth-order valence-electron chi connectivity index (χ4n) is 3.37. The molecule has 0 radical (unpaired) electrons. The van der Waals surface area contributed by atoms with Crippen LogP contribution >= 0.6 is 0 Å². The van der Waals surface area contributed by atoms with Crippen LogP contribution in [-0.2, 0) is 17.9 Å². The molecule has 1 fully saturated rings. The number of piperidine rings is 1. The molecule has 3 rings (SSSR count). The van der Waals surface area contributed by atoms with E-state index in [-0.39, 0.29) is 12.1 Å². The number of nitrogens with zero attached hydrogens (tertiary/aromatic N) is 3. The molecule has 2 aromatic rings. The zero-order valence-electron chi connectivity index (χ0n) is 18.2. The molecule has 1 aliphatic rings. The highest BCUT2D eigenvalue weighted by molar-refractivity contribution is 5.80. The van der Waals surface area contributed by atoms with Crippen molar-refractivity contribution in [3.63, 3.8) is 0 Å². The number of likely N-dealkylation sites (tertiary alicyclic amines) is 1. The monoisotopic (exact) mass is 425 g/mol. The number of benzene rings is 1. The third-order valence-corrected chi connectivity index (χ3v) is 5.07. The number of ether oxygens (including phenoxy) is 2. The second kappa shape index (κ2) is 11.8. The molecule has 2 heterocycles. The standard InChI is InChI=1S/C23H31N5O3/c1-3-30-23(29)28-13-10-20(11-14-28)27-22(24-2)26-16-19-9-12-25-21(15-19)31-17-18-7-5-4-6-8-18/h4-9,12,15,20H,3,10-11,13-14,16-17H2,1-2H3,(H2,24,26,27). The lowest BCUT2D eigenvalue weighted by Gasteiger charge is -2.32. The fraction of sp³-hybridized carbons (Fsp3) is 0.435. The van der Waals surface area contributed by atoms with Crippen LogP contribution in [0.25, 0.3) is 0 Å². The van der Waals surface area contributed by atoms with E-state index in [0.29, 0.717) is 38.7 Å². The van der Waals surface area contributed by atoms with Crippen LogP contribution in [0.15, 0.2) is 53.7 Å². The lowest BCUT2D eigenvalue weighted by molar-refractivity contribution is 0.0963. The number of nitrogens with one attached hydrogen (secondary N) is 2. The topological polar surface area (TPSA) is 88.1 Å². The molecule has 8 heteroatoms. The molecule has 0 aliphatic carbocycles. The summed E-state index contributed by atoms with van der Waals surface area (Å²) in [7, 11) is 1.75. The van der Waals surface area contributed by atoms with Crippen molar-refractivity contribution >= 4 is 12.1 Å². The molecule has 8 nitrogen and oxygen atoms in total. The van der Waals surface area contributed by atoms with Crippen LogP contribution in [0.2, 0.25) is 0 Å². The first-order valence-electron chi connectivity index (χ1n) is 10.7. The average Bonchev–Trinajstić information content (AvgIpc) is 2.82. The van der Waals surface area contributed by atoms with Gasteiger partial charge in [-0.3, -0.25) is 4.99 Å². The first-order valence-corrected chi connectivity index (χ1v) is 10.7. The Morgan fingerprint density at radius 1 is 1.19 bits per heavy atom. The van der Waals surface area contributed by atoms with Gasteiger partial charge in [-0.2, -0.15) is 0 Å². The number of pyridine rings is 1. The zero-order valence-corrected chi connectivity index (χ0v) is 18.2. The van der Waals surface area contributed by atoms with Gasteiger partial charge in [-0.05, 0) is 37.0 Å². The van der Waals surface area contributed by atoms with Crippen LogP contribution in [-0.4, -0.2) is 54.7 Å². The molecular formula is C23H31N5O3. The summed E-state index contributed by atoms with van der Waals surface area (Å²) in [5.41, 5.74) is 2.16. The second-order valence-electron chi connectivity index (χ2n) is 7.31. The van der Waals surface area contributed by atoms with E-state index in [1.807, 2.05) is 49.4 Å². The third kappa shape index (κ3) is 7.16. The Labute approximate surface area is 183 Å². The van der Waals surface area contributed by atoms with E-state index in [1.54, 1.807) is 18.1 Å². The maximum absolute atomic E-state index is 11.8. The number of rotatable bonds is 7. The minimum absolute atomic E-state index is 0.230. The fourth-order valence-corrected chi connectivity index (χ4v) is 3.37. The van der Waals surface area contributed by atoms with Gasteiger partial charge in [-0.15, -0.1) is 0 Å². The Balaban J connectivity index is 1.44. The predicted octanol–water partition coefficient (Wildman–Crippen LogP) is 2.95. The van der Waals surface area contributed by atoms with Gasteiger partial charge in [0, 0.05) is 45.0 Å². The van der Waals surface area contributed by atoms with E-state index >= 15 is 0 Å². The molecule has 1 saturated heterocycles. The Bertz CT molecular complexity index is 851. The number of aliphatic imine (C=N–C) groups is 1. The van der Waals surface area contributed by atoms with E-state index in [4.69, 9.17) is 9.47 Å². The molecule has 1 amide bonds. The number of guanidine groups is 1. The minimum Gasteiger partial charge on any atom is -0.473 e. The maximum Gasteiger partial charge on any atom is 0.409 e. The van der Waals surface area contributed by atoms with E-state index < -0.39 is 0 Å². The Morgan fingerprint density at radius 3 is 2.68 bits per heavy atom. The van der Waals surface area contributed by atoms with Crippen molar-refractivity contribution in [2.75, 3.05) is 26.7 Å². The van der Waals surface area contributed by atoms with Crippen LogP contribution in [0.4, 0.5) is 4.79 Å². The Hall–Kier alpha value is -3.29. The third-order valence-electron chi connectivity index (χ3n) is 5.07. The summed E-state index contributed by atoms with van der Waals surface area (Å²) in [5.74, 6) is 1.33. The number of aromatic nitrogens is 1. The lowest BCUT2D eigenvalue weighted by Crippen LogP contribution is -2.49. The maximum atomic E-state index is 11.8. The largest absolute Gasteiger partial charge is 0.473 e. The van der Waals surface area contributed by atoms with Crippen molar-refractivity contribution in [3.8, 4) is 5.88 Å². The molecule has 2 N–H and O–H groups in total. The molecule has 0 atom stereocenters. The highest BCUT2D eigenvalue weighted by Crippen LogP contribution is 2.13. The second-order valence-corrected chi connectivity index (χ2v) is 7.31. The Morgan fingerprint density at radius 2 is 1.97 bits per heavy atom. The molecule has 0 saturated carbocycles. The van der Waals surface area contributed by atoms with E-state index in [2.05, 4.69) is 20.6 Å². The van der Waals surface area contributed by atoms with Gasteiger partial charge in [0.1, 0.15) is 6.61 Å². The summed E-state index contributed by atoms with van der Waals surface area (Å²) < 4.78 is 10.9. The Kier molecular flexibility index (Phi) is 8.51. The molecule has 1 aromatic carbocycles. The zero-order chi connectivity index (χ0) is 21.9. The predicted molar refractivity (Wildman–Crippen MR) is 120 cm³/mol. The summed E-state index contributed by atoms with van der Waals surface area (Å²) in [6.45, 7) is 4.68. The molecule has 1 aliphatic heterocycles. The molecule has 166 valence electrons. The number of carbonyl (C=O) groups excluding carboxylic acids is 1. The van der Waals surface area contributed by atoms with Crippen molar-refractivity contribution in [1.82, 2.24) is 20.5 Å². The molecule has 1 aromatic heterocycles. The van der Waals surface area contributed by atoms with Gasteiger partial charge in [0.2, 0.25) is 5.88 Å².